The van der Waals surface area contributed by atoms with E-state index < -0.39 is 0 Å². The number of rotatable bonds is 7. The van der Waals surface area contributed by atoms with E-state index in [2.05, 4.69) is 31.2 Å². The molecule has 34 heavy (non-hydrogen) atoms. The number of hydrogen-bond donors (Lipinski definition) is 2. The van der Waals surface area contributed by atoms with Crippen LogP contribution in [0.3, 0.4) is 0 Å². The first-order valence-corrected chi connectivity index (χ1v) is 11.1. The molecule has 3 aromatic rings. The van der Waals surface area contributed by atoms with Gasteiger partial charge >= 0.3 is 0 Å². The summed E-state index contributed by atoms with van der Waals surface area (Å²) in [4.78, 5) is 37.9. The predicted molar refractivity (Wildman–Crippen MR) is 128 cm³/mol. The van der Waals surface area contributed by atoms with Gasteiger partial charge in [-0.1, -0.05) is 6.07 Å². The quantitative estimate of drug-likeness (QED) is 0.554. The number of hydrogen-bond acceptors (Lipinski definition) is 8. The number of ketones is 1. The van der Waals surface area contributed by atoms with Crippen molar-refractivity contribution in [2.75, 3.05) is 23.3 Å². The number of nitrogens with zero attached hydrogens (tertiary/aromatic N) is 5. The van der Waals surface area contributed by atoms with E-state index in [9.17, 15) is 14.9 Å². The summed E-state index contributed by atoms with van der Waals surface area (Å²) >= 11 is 0. The highest BCUT2D eigenvalue weighted by Gasteiger charge is 2.24. The lowest BCUT2D eigenvalue weighted by Crippen LogP contribution is -2.38. The highest BCUT2D eigenvalue weighted by molar-refractivity contribution is 5.78. The van der Waals surface area contributed by atoms with Crippen LogP contribution in [-0.4, -0.2) is 39.7 Å². The molecule has 0 aliphatic carbocycles. The minimum Gasteiger partial charge on any atom is -0.370 e. The molecule has 9 heteroatoms. The normalized spacial score (nSPS) is 13.8. The maximum absolute atomic E-state index is 11.4. The van der Waals surface area contributed by atoms with Crippen molar-refractivity contribution in [3.05, 3.63) is 60.0 Å². The summed E-state index contributed by atoms with van der Waals surface area (Å²) in [5.74, 6) is 0.0943. The van der Waals surface area contributed by atoms with Gasteiger partial charge in [-0.05, 0) is 50.1 Å². The fourth-order valence-corrected chi connectivity index (χ4v) is 4.03. The number of piperidine rings is 1. The maximum Gasteiger partial charge on any atom is 0.227 e. The lowest BCUT2D eigenvalue weighted by atomic mass is 9.95. The number of nitriles is 1. The molecule has 0 saturated carbocycles. The Bertz CT molecular complexity index is 1240. The van der Waals surface area contributed by atoms with E-state index in [1.54, 1.807) is 24.5 Å². The van der Waals surface area contributed by atoms with Gasteiger partial charge in [-0.15, -0.1) is 0 Å². The molecule has 1 aromatic carbocycles. The molecule has 1 aliphatic rings. The summed E-state index contributed by atoms with van der Waals surface area (Å²) in [5.41, 5.74) is 9.71. The fraction of sp³-hybridized carbons (Fsp3) is 0.280. The van der Waals surface area contributed by atoms with Crippen molar-refractivity contribution in [2.24, 2.45) is 11.7 Å². The Labute approximate surface area is 197 Å². The van der Waals surface area contributed by atoms with Crippen molar-refractivity contribution < 1.29 is 9.59 Å². The van der Waals surface area contributed by atoms with Crippen LogP contribution in [0.15, 0.2) is 48.8 Å². The third kappa shape index (κ3) is 5.35. The van der Waals surface area contributed by atoms with E-state index in [-0.39, 0.29) is 17.6 Å². The molecular weight excluding hydrogens is 430 g/mol. The maximum atomic E-state index is 11.4. The number of amides is 1. The molecule has 3 N–H and O–H groups in total. The average Bonchev–Trinajstić information content (AvgIpc) is 2.85. The fourth-order valence-electron chi connectivity index (χ4n) is 4.03. The summed E-state index contributed by atoms with van der Waals surface area (Å²) in [6, 6.07) is 13.4. The molecule has 0 atom stereocenters. The highest BCUT2D eigenvalue weighted by Crippen LogP contribution is 2.30. The molecular formula is C25H25N7O2. The van der Waals surface area contributed by atoms with Crippen LogP contribution in [0.2, 0.25) is 0 Å². The van der Waals surface area contributed by atoms with Gasteiger partial charge in [0.25, 0.3) is 0 Å². The second kappa shape index (κ2) is 10.1. The summed E-state index contributed by atoms with van der Waals surface area (Å²) in [6.45, 7) is 2.90. The van der Waals surface area contributed by atoms with Gasteiger partial charge in [0.05, 0.1) is 28.8 Å². The number of nitrogens with two attached hydrogens (primary N) is 1. The number of primary amides is 1. The third-order valence-corrected chi connectivity index (χ3v) is 5.82. The molecule has 1 fully saturated rings. The van der Waals surface area contributed by atoms with Gasteiger partial charge in [0.1, 0.15) is 11.9 Å². The van der Waals surface area contributed by atoms with Crippen molar-refractivity contribution in [2.45, 2.75) is 26.2 Å². The van der Waals surface area contributed by atoms with Crippen molar-refractivity contribution in [3.8, 4) is 17.3 Å². The molecule has 0 spiro atoms. The van der Waals surface area contributed by atoms with Crippen LogP contribution in [-0.2, 0) is 16.0 Å². The SMILES string of the molecule is CC(=O)Cc1ccc(Nc2nccc(-c3ccc(N4CCC(C(N)=O)CC4)c(C#N)c3)n2)cn1. The van der Waals surface area contributed by atoms with Gasteiger partial charge < -0.3 is 16.0 Å². The van der Waals surface area contributed by atoms with E-state index in [0.717, 1.165) is 11.3 Å². The second-order valence-electron chi connectivity index (χ2n) is 8.31. The van der Waals surface area contributed by atoms with E-state index in [1.807, 2.05) is 24.3 Å². The molecule has 1 saturated heterocycles. The highest BCUT2D eigenvalue weighted by atomic mass is 16.1. The summed E-state index contributed by atoms with van der Waals surface area (Å²) < 4.78 is 0. The zero-order valence-electron chi connectivity index (χ0n) is 18.9. The minimum absolute atomic E-state index is 0.0575. The van der Waals surface area contributed by atoms with Crippen LogP contribution in [0.1, 0.15) is 31.0 Å². The van der Waals surface area contributed by atoms with Crippen molar-refractivity contribution in [1.29, 1.82) is 5.26 Å². The van der Waals surface area contributed by atoms with E-state index >= 15 is 0 Å². The van der Waals surface area contributed by atoms with Gasteiger partial charge in [0.15, 0.2) is 0 Å². The molecule has 4 rings (SSSR count). The standard InChI is InChI=1S/C25H25N7O2/c1-16(33)12-20-3-4-21(15-29-20)30-25-28-9-6-22(31-25)18-2-5-23(19(13-18)14-26)32-10-7-17(8-11-32)24(27)34/h2-6,9,13,15,17H,7-8,10-12H2,1H3,(H2,27,34)(H,28,30,31). The number of nitrogens with one attached hydrogen (secondary N) is 1. The summed E-state index contributed by atoms with van der Waals surface area (Å²) in [6.07, 6.45) is 4.96. The van der Waals surface area contributed by atoms with Crippen molar-refractivity contribution >= 4 is 29.0 Å². The van der Waals surface area contributed by atoms with E-state index in [1.165, 1.54) is 6.92 Å². The molecule has 0 unspecified atom stereocenters. The van der Waals surface area contributed by atoms with Gasteiger partial charge in [0, 0.05) is 42.9 Å². The lowest BCUT2D eigenvalue weighted by molar-refractivity contribution is -0.122. The second-order valence-corrected chi connectivity index (χ2v) is 8.31. The average molecular weight is 456 g/mol. The molecule has 0 radical (unpaired) electrons. The third-order valence-electron chi connectivity index (χ3n) is 5.82. The first kappa shape index (κ1) is 22.9. The molecule has 1 aliphatic heterocycles. The Morgan fingerprint density at radius 1 is 1.18 bits per heavy atom. The molecule has 2 aromatic heterocycles. The number of aromatic nitrogens is 3. The van der Waals surface area contributed by atoms with Gasteiger partial charge in [-0.2, -0.15) is 5.26 Å². The first-order valence-electron chi connectivity index (χ1n) is 11.1. The van der Waals surface area contributed by atoms with Crippen LogP contribution in [0.5, 0.6) is 0 Å². The molecule has 1 amide bonds. The number of carbonyl (C=O) groups excluding carboxylic acids is 2. The van der Waals surface area contributed by atoms with Crippen LogP contribution in [0.4, 0.5) is 17.3 Å². The Balaban J connectivity index is 1.50. The number of anilines is 3. The molecule has 9 nitrogen and oxygen atoms in total. The number of Topliss-reactive ketones (excluding diaryl/α,β-unsaturated/α-hetero) is 1. The molecule has 0 bridgehead atoms. The van der Waals surface area contributed by atoms with E-state index in [4.69, 9.17) is 5.73 Å². The lowest BCUT2D eigenvalue weighted by Gasteiger charge is -2.33. The van der Waals surface area contributed by atoms with Gasteiger partial charge in [-0.3, -0.25) is 14.6 Å². The molecule has 172 valence electrons. The number of carbonyl (C=O) groups is 2. The van der Waals surface area contributed by atoms with Crippen molar-refractivity contribution in [3.63, 3.8) is 0 Å². The zero-order valence-corrected chi connectivity index (χ0v) is 18.9. The van der Waals surface area contributed by atoms with Gasteiger partial charge in [-0.25, -0.2) is 9.97 Å². The largest absolute Gasteiger partial charge is 0.370 e. The number of pyridine rings is 1. The Hall–Kier alpha value is -4.32. The summed E-state index contributed by atoms with van der Waals surface area (Å²) in [5, 5.41) is 12.9. The topological polar surface area (TPSA) is 138 Å². The molecule has 3 heterocycles. The van der Waals surface area contributed by atoms with E-state index in [0.29, 0.717) is 60.9 Å². The zero-order chi connectivity index (χ0) is 24.1. The Morgan fingerprint density at radius 3 is 2.62 bits per heavy atom. The Kier molecular flexibility index (Phi) is 6.78. The minimum atomic E-state index is -0.258. The monoisotopic (exact) mass is 455 g/mol. The Morgan fingerprint density at radius 2 is 1.97 bits per heavy atom. The first-order chi connectivity index (χ1) is 16.4. The summed E-state index contributed by atoms with van der Waals surface area (Å²) in [7, 11) is 0. The van der Waals surface area contributed by atoms with Crippen LogP contribution in [0, 0.1) is 17.2 Å². The van der Waals surface area contributed by atoms with Crippen LogP contribution >= 0.6 is 0 Å². The predicted octanol–water partition coefficient (Wildman–Crippen LogP) is 2.99. The number of benzene rings is 1. The van der Waals surface area contributed by atoms with Crippen molar-refractivity contribution in [1.82, 2.24) is 15.0 Å². The van der Waals surface area contributed by atoms with Gasteiger partial charge in [0.2, 0.25) is 11.9 Å². The van der Waals surface area contributed by atoms with Crippen LogP contribution in [0.25, 0.3) is 11.3 Å². The van der Waals surface area contributed by atoms with Crippen LogP contribution < -0.4 is 16.0 Å². The smallest absolute Gasteiger partial charge is 0.227 e.